The highest BCUT2D eigenvalue weighted by Gasteiger charge is 2.57. The maximum atomic E-state index is 13.5. The fourth-order valence-electron chi connectivity index (χ4n) is 3.22. The zero-order valence-corrected chi connectivity index (χ0v) is 16.1. The van der Waals surface area contributed by atoms with Crippen molar-refractivity contribution in [1.82, 2.24) is 19.8 Å². The molecule has 0 radical (unpaired) electrons. The number of aromatic nitrogens is 2. The molecule has 29 heavy (non-hydrogen) atoms. The van der Waals surface area contributed by atoms with Gasteiger partial charge in [-0.2, -0.15) is 13.2 Å². The van der Waals surface area contributed by atoms with E-state index in [-0.39, 0.29) is 26.2 Å². The first-order chi connectivity index (χ1) is 13.5. The molecule has 1 saturated heterocycles. The lowest BCUT2D eigenvalue weighted by molar-refractivity contribution is -0.272. The number of carbonyl (C=O) groups excluding carboxylic acids is 2. The van der Waals surface area contributed by atoms with Gasteiger partial charge in [-0.3, -0.25) is 9.59 Å². The zero-order chi connectivity index (χ0) is 21.8. The van der Waals surface area contributed by atoms with Crippen LogP contribution in [0.15, 0.2) is 12.4 Å². The van der Waals surface area contributed by atoms with Crippen molar-refractivity contribution in [2.45, 2.75) is 43.7 Å². The summed E-state index contributed by atoms with van der Waals surface area (Å²) in [7, 11) is 1.31. The first-order valence-corrected chi connectivity index (χ1v) is 9.09. The Morgan fingerprint density at radius 3 is 2.69 bits per heavy atom. The monoisotopic (exact) mass is 422 g/mol. The molecular weight excluding hydrogens is 397 g/mol. The Morgan fingerprint density at radius 2 is 2.14 bits per heavy atom. The number of halogens is 3. The Kier molecular flexibility index (Phi) is 7.25. The summed E-state index contributed by atoms with van der Waals surface area (Å²) in [6.45, 7) is 1.42. The molecule has 1 aromatic heterocycles. The third-order valence-corrected chi connectivity index (χ3v) is 4.73. The van der Waals surface area contributed by atoms with Crippen molar-refractivity contribution >= 4 is 11.8 Å². The van der Waals surface area contributed by atoms with E-state index in [1.54, 1.807) is 0 Å². The summed E-state index contributed by atoms with van der Waals surface area (Å²) < 4.78 is 46.7. The van der Waals surface area contributed by atoms with Gasteiger partial charge in [0.1, 0.15) is 5.82 Å². The largest absolute Gasteiger partial charge is 0.424 e. The number of aliphatic hydroxyl groups is 2. The number of nitrogens with zero attached hydrogens (tertiary/aromatic N) is 3. The van der Waals surface area contributed by atoms with Crippen LogP contribution in [0.4, 0.5) is 13.2 Å². The molecule has 0 unspecified atom stereocenters. The van der Waals surface area contributed by atoms with Gasteiger partial charge in [0, 0.05) is 39.0 Å². The second-order valence-corrected chi connectivity index (χ2v) is 7.04. The Labute approximate surface area is 165 Å². The number of nitrogens with one attached hydrogen (secondary N) is 1. The minimum Gasteiger partial charge on any atom is -0.393 e. The SMILES string of the molecule is C[C@H](O)C[C@H]1COCCN1C(=O)C(=O)NCC[C@](O)(c1nccn1C)C(F)(F)F. The van der Waals surface area contributed by atoms with Gasteiger partial charge in [0.25, 0.3) is 0 Å². The highest BCUT2D eigenvalue weighted by Crippen LogP contribution is 2.40. The lowest BCUT2D eigenvalue weighted by Gasteiger charge is -2.35. The second kappa shape index (κ2) is 9.09. The number of ether oxygens (including phenoxy) is 1. The molecule has 2 heterocycles. The molecule has 0 aromatic carbocycles. The average Bonchev–Trinajstić information content (AvgIpc) is 3.06. The lowest BCUT2D eigenvalue weighted by atomic mass is 9.97. The molecule has 1 aliphatic rings. The van der Waals surface area contributed by atoms with E-state index in [1.807, 2.05) is 0 Å². The number of imidazole rings is 1. The third kappa shape index (κ3) is 5.25. The summed E-state index contributed by atoms with van der Waals surface area (Å²) in [4.78, 5) is 29.4. The zero-order valence-electron chi connectivity index (χ0n) is 16.1. The maximum Gasteiger partial charge on any atom is 0.424 e. The first-order valence-electron chi connectivity index (χ1n) is 9.09. The summed E-state index contributed by atoms with van der Waals surface area (Å²) in [5.74, 6) is -2.63. The summed E-state index contributed by atoms with van der Waals surface area (Å²) >= 11 is 0. The summed E-state index contributed by atoms with van der Waals surface area (Å²) in [5, 5.41) is 21.9. The minimum atomic E-state index is -5.03. The fraction of sp³-hybridized carbons (Fsp3) is 0.706. The third-order valence-electron chi connectivity index (χ3n) is 4.73. The average molecular weight is 422 g/mol. The van der Waals surface area contributed by atoms with Crippen molar-refractivity contribution in [2.75, 3.05) is 26.3 Å². The van der Waals surface area contributed by atoms with Crippen molar-refractivity contribution in [3.63, 3.8) is 0 Å². The van der Waals surface area contributed by atoms with Crippen molar-refractivity contribution in [3.05, 3.63) is 18.2 Å². The molecule has 2 rings (SSSR count). The Morgan fingerprint density at radius 1 is 1.45 bits per heavy atom. The molecule has 0 saturated carbocycles. The number of hydrogen-bond acceptors (Lipinski definition) is 6. The minimum absolute atomic E-state index is 0.128. The van der Waals surface area contributed by atoms with Gasteiger partial charge >= 0.3 is 18.0 Å². The fourth-order valence-corrected chi connectivity index (χ4v) is 3.22. The van der Waals surface area contributed by atoms with Crippen LogP contribution in [0.2, 0.25) is 0 Å². The number of amides is 2. The molecule has 1 aliphatic heterocycles. The molecular formula is C17H25F3N4O5. The van der Waals surface area contributed by atoms with E-state index in [0.717, 1.165) is 10.8 Å². The molecule has 164 valence electrons. The molecule has 0 bridgehead atoms. The summed E-state index contributed by atoms with van der Waals surface area (Å²) in [5.41, 5.74) is -3.28. The lowest BCUT2D eigenvalue weighted by Crippen LogP contribution is -2.54. The van der Waals surface area contributed by atoms with Crippen molar-refractivity contribution in [3.8, 4) is 0 Å². The molecule has 9 nitrogen and oxygen atoms in total. The van der Waals surface area contributed by atoms with Crippen molar-refractivity contribution in [2.24, 2.45) is 7.05 Å². The van der Waals surface area contributed by atoms with Gasteiger partial charge < -0.3 is 29.7 Å². The van der Waals surface area contributed by atoms with Crippen LogP contribution in [0.1, 0.15) is 25.6 Å². The van der Waals surface area contributed by atoms with E-state index in [9.17, 15) is 33.0 Å². The predicted molar refractivity (Wildman–Crippen MR) is 93.4 cm³/mol. The van der Waals surface area contributed by atoms with E-state index in [0.29, 0.717) is 0 Å². The molecule has 12 heteroatoms. The molecule has 3 atom stereocenters. The topological polar surface area (TPSA) is 117 Å². The number of morpholine rings is 1. The predicted octanol–water partition coefficient (Wildman–Crippen LogP) is -0.325. The van der Waals surface area contributed by atoms with E-state index in [2.05, 4.69) is 10.3 Å². The van der Waals surface area contributed by atoms with Gasteiger partial charge in [0.15, 0.2) is 0 Å². The Bertz CT molecular complexity index is 724. The Balaban J connectivity index is 2.01. The maximum absolute atomic E-state index is 13.5. The summed E-state index contributed by atoms with van der Waals surface area (Å²) in [6.07, 6.45) is -4.09. The van der Waals surface area contributed by atoms with E-state index < -0.39 is 54.5 Å². The number of carbonyl (C=O) groups is 2. The van der Waals surface area contributed by atoms with E-state index in [1.165, 1.54) is 25.1 Å². The van der Waals surface area contributed by atoms with Gasteiger partial charge in [-0.25, -0.2) is 4.98 Å². The standard InChI is InChI=1S/C17H25F3N4O5/c1-11(25)9-12-10-29-8-7-24(12)14(27)13(26)21-4-3-16(28,17(18,19)20)15-22-5-6-23(15)2/h5-6,11-12,25,28H,3-4,7-10H2,1-2H3,(H,21,26)/t11-,12-,16-/m0/s1. The number of hydrogen-bond donors (Lipinski definition) is 3. The van der Waals surface area contributed by atoms with Crippen LogP contribution in [0, 0.1) is 0 Å². The summed E-state index contributed by atoms with van der Waals surface area (Å²) in [6, 6.07) is -0.512. The van der Waals surface area contributed by atoms with Crippen LogP contribution in [-0.2, 0) is 27.0 Å². The van der Waals surface area contributed by atoms with Crippen LogP contribution in [0.25, 0.3) is 0 Å². The Hall–Kier alpha value is -2.18. The van der Waals surface area contributed by atoms with Crippen molar-refractivity contribution in [1.29, 1.82) is 0 Å². The number of aryl methyl sites for hydroxylation is 1. The number of rotatable bonds is 6. The molecule has 0 spiro atoms. The van der Waals surface area contributed by atoms with Gasteiger partial charge in [-0.1, -0.05) is 0 Å². The van der Waals surface area contributed by atoms with Gasteiger partial charge in [0.05, 0.1) is 25.4 Å². The van der Waals surface area contributed by atoms with Gasteiger partial charge in [-0.15, -0.1) is 0 Å². The highest BCUT2D eigenvalue weighted by molar-refractivity contribution is 6.35. The number of alkyl halides is 3. The van der Waals surface area contributed by atoms with Crippen LogP contribution in [0.3, 0.4) is 0 Å². The van der Waals surface area contributed by atoms with Crippen LogP contribution >= 0.6 is 0 Å². The molecule has 3 N–H and O–H groups in total. The van der Waals surface area contributed by atoms with Crippen molar-refractivity contribution < 1.29 is 37.7 Å². The van der Waals surface area contributed by atoms with Crippen LogP contribution in [0.5, 0.6) is 0 Å². The quantitative estimate of drug-likeness (QED) is 0.541. The van der Waals surface area contributed by atoms with E-state index >= 15 is 0 Å². The molecule has 1 aromatic rings. The number of aliphatic hydroxyl groups excluding tert-OH is 1. The molecule has 2 amide bonds. The van der Waals surface area contributed by atoms with Gasteiger partial charge in [0.2, 0.25) is 5.60 Å². The van der Waals surface area contributed by atoms with Gasteiger partial charge in [-0.05, 0) is 13.3 Å². The smallest absolute Gasteiger partial charge is 0.393 e. The highest BCUT2D eigenvalue weighted by atomic mass is 19.4. The van der Waals surface area contributed by atoms with Crippen LogP contribution < -0.4 is 5.32 Å². The van der Waals surface area contributed by atoms with E-state index in [4.69, 9.17) is 4.74 Å². The first kappa shape index (κ1) is 23.1. The molecule has 0 aliphatic carbocycles. The normalized spacial score (nSPS) is 20.8. The second-order valence-electron chi connectivity index (χ2n) is 7.04. The van der Waals surface area contributed by atoms with Crippen LogP contribution in [-0.4, -0.2) is 81.1 Å². The molecule has 1 fully saturated rings.